The molecule has 0 saturated heterocycles. The maximum absolute atomic E-state index is 12.6. The average Bonchev–Trinajstić information content (AvgIpc) is 3.20. The van der Waals surface area contributed by atoms with Gasteiger partial charge in [-0.15, -0.1) is 0 Å². The summed E-state index contributed by atoms with van der Waals surface area (Å²) < 4.78 is 37.8. The molecule has 0 radical (unpaired) electrons. The van der Waals surface area contributed by atoms with Gasteiger partial charge >= 0.3 is 6.18 Å². The van der Waals surface area contributed by atoms with Crippen LogP contribution in [0.2, 0.25) is 0 Å². The van der Waals surface area contributed by atoms with Crippen molar-refractivity contribution >= 4 is 5.91 Å². The smallest absolute Gasteiger partial charge is 0.331 e. The Morgan fingerprint density at radius 3 is 2.30 bits per heavy atom. The highest BCUT2D eigenvalue weighted by Gasteiger charge is 2.43. The number of nitrogens with one attached hydrogen (secondary N) is 1. The predicted octanol–water partition coefficient (Wildman–Crippen LogP) is 2.85. The molecule has 2 aliphatic rings. The third-order valence-electron chi connectivity index (χ3n) is 4.49. The van der Waals surface area contributed by atoms with Crippen molar-refractivity contribution in [1.82, 2.24) is 10.2 Å². The quantitative estimate of drug-likeness (QED) is 0.845. The van der Waals surface area contributed by atoms with E-state index in [1.165, 1.54) is 0 Å². The monoisotopic (exact) mass is 292 g/mol. The Bertz CT molecular complexity index is 347. The van der Waals surface area contributed by atoms with Gasteiger partial charge in [-0.05, 0) is 32.7 Å². The highest BCUT2D eigenvalue weighted by Crippen LogP contribution is 2.35. The summed E-state index contributed by atoms with van der Waals surface area (Å²) in [4.78, 5) is 13.4. The highest BCUT2D eigenvalue weighted by atomic mass is 19.4. The summed E-state index contributed by atoms with van der Waals surface area (Å²) in [5.74, 6) is -0.346. The lowest BCUT2D eigenvalue weighted by Crippen LogP contribution is -2.50. The summed E-state index contributed by atoms with van der Waals surface area (Å²) in [5.41, 5.74) is -0.298. The first-order valence-electron chi connectivity index (χ1n) is 7.40. The third-order valence-corrected chi connectivity index (χ3v) is 4.49. The van der Waals surface area contributed by atoms with E-state index in [0.29, 0.717) is 12.8 Å². The maximum Gasteiger partial charge on any atom is 0.406 e. The number of alkyl halides is 3. The van der Waals surface area contributed by atoms with Gasteiger partial charge in [0, 0.05) is 18.0 Å². The van der Waals surface area contributed by atoms with Gasteiger partial charge in [0.2, 0.25) is 5.91 Å². The van der Waals surface area contributed by atoms with Gasteiger partial charge in [0.25, 0.3) is 0 Å². The number of amides is 1. The minimum absolute atomic E-state index is 0.191. The number of rotatable bonds is 5. The van der Waals surface area contributed by atoms with Crippen molar-refractivity contribution in [3.63, 3.8) is 0 Å². The molecule has 0 unspecified atom stereocenters. The number of hydrogen-bond acceptors (Lipinski definition) is 2. The Morgan fingerprint density at radius 1 is 1.25 bits per heavy atom. The Balaban J connectivity index is 2.00. The zero-order valence-electron chi connectivity index (χ0n) is 11.9. The van der Waals surface area contributed by atoms with Crippen molar-refractivity contribution in [2.24, 2.45) is 0 Å². The summed E-state index contributed by atoms with van der Waals surface area (Å²) in [7, 11) is 1.81. The van der Waals surface area contributed by atoms with Gasteiger partial charge in [0.15, 0.2) is 0 Å². The minimum Gasteiger partial charge on any atom is -0.331 e. The molecule has 0 atom stereocenters. The molecule has 2 saturated carbocycles. The number of halogens is 3. The molecule has 0 spiro atoms. The third kappa shape index (κ3) is 4.11. The highest BCUT2D eigenvalue weighted by molar-refractivity contribution is 5.78. The van der Waals surface area contributed by atoms with E-state index in [1.807, 2.05) is 7.05 Å². The molecular weight excluding hydrogens is 269 g/mol. The van der Waals surface area contributed by atoms with Crippen LogP contribution in [-0.2, 0) is 4.79 Å². The molecule has 0 aromatic heterocycles. The Morgan fingerprint density at radius 2 is 1.85 bits per heavy atom. The van der Waals surface area contributed by atoms with E-state index in [2.05, 4.69) is 5.32 Å². The van der Waals surface area contributed by atoms with Crippen molar-refractivity contribution in [2.75, 3.05) is 13.6 Å². The van der Waals surface area contributed by atoms with E-state index in [9.17, 15) is 18.0 Å². The van der Waals surface area contributed by atoms with Crippen LogP contribution in [0.5, 0.6) is 0 Å². The zero-order valence-corrected chi connectivity index (χ0v) is 11.9. The molecule has 3 nitrogen and oxygen atoms in total. The lowest BCUT2D eigenvalue weighted by Gasteiger charge is -2.38. The molecule has 116 valence electrons. The second-order valence-electron chi connectivity index (χ2n) is 6.14. The molecule has 2 aliphatic carbocycles. The topological polar surface area (TPSA) is 32.3 Å². The molecule has 1 N–H and O–H groups in total. The summed E-state index contributed by atoms with van der Waals surface area (Å²) in [6.45, 7) is -1.10. The Hall–Kier alpha value is -0.780. The van der Waals surface area contributed by atoms with Crippen molar-refractivity contribution < 1.29 is 18.0 Å². The number of carbonyl (C=O) groups excluding carboxylic acids is 1. The van der Waals surface area contributed by atoms with Crippen molar-refractivity contribution in [3.8, 4) is 0 Å². The maximum atomic E-state index is 12.6. The molecular formula is C14H23F3N2O. The van der Waals surface area contributed by atoms with E-state index < -0.39 is 12.7 Å². The fraction of sp³-hybridized carbons (Fsp3) is 0.929. The molecule has 0 aromatic carbocycles. The first-order chi connectivity index (χ1) is 9.35. The van der Waals surface area contributed by atoms with Gasteiger partial charge in [0.05, 0.1) is 0 Å². The zero-order chi connectivity index (χ0) is 14.8. The summed E-state index contributed by atoms with van der Waals surface area (Å²) in [5, 5.41) is 3.20. The molecule has 0 aromatic rings. The van der Waals surface area contributed by atoms with Gasteiger partial charge in [-0.1, -0.05) is 19.3 Å². The predicted molar refractivity (Wildman–Crippen MR) is 70.3 cm³/mol. The Kier molecular flexibility index (Phi) is 4.62. The number of nitrogens with zero attached hydrogens (tertiary/aromatic N) is 1. The summed E-state index contributed by atoms with van der Waals surface area (Å²) in [6.07, 6.45) is 2.26. The van der Waals surface area contributed by atoms with Crippen LogP contribution >= 0.6 is 0 Å². The fourth-order valence-corrected chi connectivity index (χ4v) is 3.14. The first kappa shape index (κ1) is 15.6. The minimum atomic E-state index is -4.31. The molecule has 0 bridgehead atoms. The average molecular weight is 292 g/mol. The lowest BCUT2D eigenvalue weighted by atomic mass is 9.79. The molecule has 0 heterocycles. The molecule has 0 aliphatic heterocycles. The van der Waals surface area contributed by atoms with Gasteiger partial charge in [-0.25, -0.2) is 0 Å². The summed E-state index contributed by atoms with van der Waals surface area (Å²) in [6, 6.07) is -0.193. The lowest BCUT2D eigenvalue weighted by molar-refractivity contribution is -0.163. The van der Waals surface area contributed by atoms with Crippen molar-refractivity contribution in [2.45, 2.75) is 69.1 Å². The van der Waals surface area contributed by atoms with E-state index >= 15 is 0 Å². The van der Waals surface area contributed by atoms with Crippen molar-refractivity contribution in [1.29, 1.82) is 0 Å². The van der Waals surface area contributed by atoms with Crippen LogP contribution in [0.15, 0.2) is 0 Å². The van der Waals surface area contributed by atoms with E-state index in [4.69, 9.17) is 0 Å². The standard InChI is InChI=1S/C14H23F3N2O/c1-18-13(7-3-2-4-8-13)9-12(20)19(11-5-6-11)10-14(15,16)17/h11,18H,2-10H2,1H3. The van der Waals surface area contributed by atoms with Gasteiger partial charge < -0.3 is 10.2 Å². The van der Waals surface area contributed by atoms with Crippen LogP contribution in [0.3, 0.4) is 0 Å². The second-order valence-corrected chi connectivity index (χ2v) is 6.14. The van der Waals surface area contributed by atoms with Crippen LogP contribution < -0.4 is 5.32 Å². The van der Waals surface area contributed by atoms with Crippen molar-refractivity contribution in [3.05, 3.63) is 0 Å². The molecule has 2 rings (SSSR count). The normalized spacial score (nSPS) is 22.6. The van der Waals surface area contributed by atoms with Gasteiger partial charge in [-0.2, -0.15) is 13.2 Å². The number of carbonyl (C=O) groups is 1. The summed E-state index contributed by atoms with van der Waals surface area (Å²) >= 11 is 0. The first-order valence-corrected chi connectivity index (χ1v) is 7.40. The van der Waals surface area contributed by atoms with Crippen LogP contribution in [0.25, 0.3) is 0 Å². The van der Waals surface area contributed by atoms with Gasteiger partial charge in [0.1, 0.15) is 6.54 Å². The van der Waals surface area contributed by atoms with Crippen LogP contribution in [0.4, 0.5) is 13.2 Å². The fourth-order valence-electron chi connectivity index (χ4n) is 3.14. The molecule has 20 heavy (non-hydrogen) atoms. The molecule has 2 fully saturated rings. The van der Waals surface area contributed by atoms with Crippen LogP contribution in [0, 0.1) is 0 Å². The Labute approximate surface area is 117 Å². The second kappa shape index (κ2) is 5.92. The van der Waals surface area contributed by atoms with Crippen LogP contribution in [0.1, 0.15) is 51.4 Å². The van der Waals surface area contributed by atoms with E-state index in [-0.39, 0.29) is 23.9 Å². The van der Waals surface area contributed by atoms with E-state index in [0.717, 1.165) is 37.0 Å². The van der Waals surface area contributed by atoms with Crippen LogP contribution in [-0.4, -0.2) is 42.2 Å². The molecule has 1 amide bonds. The van der Waals surface area contributed by atoms with E-state index in [1.54, 1.807) is 0 Å². The SMILES string of the molecule is CNC1(CC(=O)N(CC(F)(F)F)C2CC2)CCCCC1. The molecule has 6 heteroatoms. The van der Waals surface area contributed by atoms with Gasteiger partial charge in [-0.3, -0.25) is 4.79 Å². The number of hydrogen-bond donors (Lipinski definition) is 1. The largest absolute Gasteiger partial charge is 0.406 e.